The van der Waals surface area contributed by atoms with Gasteiger partial charge in [0.2, 0.25) is 11.6 Å². The van der Waals surface area contributed by atoms with Crippen LogP contribution in [0.1, 0.15) is 22.8 Å². The topological polar surface area (TPSA) is 98.5 Å². The van der Waals surface area contributed by atoms with E-state index in [0.717, 1.165) is 13.1 Å². The van der Waals surface area contributed by atoms with Gasteiger partial charge in [0.1, 0.15) is 17.0 Å². The molecule has 1 aromatic carbocycles. The molecular formula is C14H13F3N2O5. The Morgan fingerprint density at radius 3 is 2.29 bits per heavy atom. The van der Waals surface area contributed by atoms with E-state index >= 15 is 0 Å². The number of rotatable bonds is 6. The van der Waals surface area contributed by atoms with E-state index in [1.54, 1.807) is 0 Å². The van der Waals surface area contributed by atoms with Crippen molar-refractivity contribution < 1.29 is 32.4 Å². The van der Waals surface area contributed by atoms with Gasteiger partial charge >= 0.3 is 11.7 Å². The van der Waals surface area contributed by atoms with Gasteiger partial charge in [-0.3, -0.25) is 14.9 Å². The van der Waals surface area contributed by atoms with Crippen LogP contribution in [0.15, 0.2) is 11.8 Å². The minimum absolute atomic E-state index is 0.130. The first-order chi connectivity index (χ1) is 11.2. The van der Waals surface area contributed by atoms with Crippen LogP contribution in [-0.2, 0) is 9.53 Å². The molecule has 0 saturated carbocycles. The van der Waals surface area contributed by atoms with Gasteiger partial charge in [-0.15, -0.1) is 0 Å². The highest BCUT2D eigenvalue weighted by molar-refractivity contribution is 6.25. The number of nitro benzene ring substituents is 1. The monoisotopic (exact) mass is 346 g/mol. The van der Waals surface area contributed by atoms with E-state index in [9.17, 15) is 32.9 Å². The van der Waals surface area contributed by atoms with E-state index < -0.39 is 56.5 Å². The van der Waals surface area contributed by atoms with Gasteiger partial charge in [-0.25, -0.2) is 13.6 Å². The smallest absolute Gasteiger partial charge is 0.343 e. The third-order valence-corrected chi connectivity index (χ3v) is 2.95. The summed E-state index contributed by atoms with van der Waals surface area (Å²) in [6.45, 7) is 2.11. The standard InChI is InChI=1S/C14H13F3N2O5/c1-4-24-14(21)7(5-18-3)13(20)8-9(15)6(2)10(16)11(17)12(8)19(22)23/h5,18H,4H2,1-3H3. The number of ether oxygens (including phenoxy) is 1. The highest BCUT2D eigenvalue weighted by Crippen LogP contribution is 2.32. The maximum absolute atomic E-state index is 14.2. The summed E-state index contributed by atoms with van der Waals surface area (Å²) in [7, 11) is 1.30. The Balaban J connectivity index is 3.71. The lowest BCUT2D eigenvalue weighted by Gasteiger charge is -2.10. The van der Waals surface area contributed by atoms with Gasteiger partial charge in [0.15, 0.2) is 5.82 Å². The van der Waals surface area contributed by atoms with Gasteiger partial charge in [-0.2, -0.15) is 4.39 Å². The van der Waals surface area contributed by atoms with Crippen LogP contribution in [-0.4, -0.2) is 30.3 Å². The number of benzene rings is 1. The number of hydrogen-bond acceptors (Lipinski definition) is 6. The second-order valence-corrected chi connectivity index (χ2v) is 4.44. The molecule has 0 aliphatic heterocycles. The van der Waals surface area contributed by atoms with Crippen LogP contribution in [0, 0.1) is 34.5 Å². The van der Waals surface area contributed by atoms with Crippen molar-refractivity contribution >= 4 is 17.4 Å². The van der Waals surface area contributed by atoms with Crippen LogP contribution in [0.4, 0.5) is 18.9 Å². The van der Waals surface area contributed by atoms with Crippen LogP contribution in [0.5, 0.6) is 0 Å². The summed E-state index contributed by atoms with van der Waals surface area (Å²) in [5, 5.41) is 13.3. The minimum Gasteiger partial charge on any atom is -0.462 e. The predicted molar refractivity (Wildman–Crippen MR) is 75.8 cm³/mol. The number of carbonyl (C=O) groups is 2. The zero-order valence-corrected chi connectivity index (χ0v) is 12.9. The molecule has 0 fully saturated rings. The summed E-state index contributed by atoms with van der Waals surface area (Å²) in [6, 6.07) is 0. The Labute approximate surface area is 134 Å². The summed E-state index contributed by atoms with van der Waals surface area (Å²) >= 11 is 0. The lowest BCUT2D eigenvalue weighted by molar-refractivity contribution is -0.388. The fraction of sp³-hybridized carbons (Fsp3) is 0.286. The summed E-state index contributed by atoms with van der Waals surface area (Å²) in [6.07, 6.45) is 0.820. The predicted octanol–water partition coefficient (Wildman–Crippen LogP) is 2.17. The fourth-order valence-electron chi connectivity index (χ4n) is 1.85. The lowest BCUT2D eigenvalue weighted by atomic mass is 9.98. The second kappa shape index (κ2) is 7.57. The Hall–Kier alpha value is -2.91. The highest BCUT2D eigenvalue weighted by Gasteiger charge is 2.37. The molecule has 24 heavy (non-hydrogen) atoms. The van der Waals surface area contributed by atoms with Crippen LogP contribution in [0.25, 0.3) is 0 Å². The Morgan fingerprint density at radius 2 is 1.83 bits per heavy atom. The van der Waals surface area contributed by atoms with Crippen molar-refractivity contribution in [1.82, 2.24) is 5.32 Å². The van der Waals surface area contributed by atoms with Gasteiger partial charge < -0.3 is 10.1 Å². The highest BCUT2D eigenvalue weighted by atomic mass is 19.2. The Kier molecular flexibility index (Phi) is 6.04. The largest absolute Gasteiger partial charge is 0.462 e. The van der Waals surface area contributed by atoms with Gasteiger partial charge in [0.25, 0.3) is 0 Å². The molecule has 0 saturated heterocycles. The van der Waals surface area contributed by atoms with Crippen molar-refractivity contribution in [2.24, 2.45) is 0 Å². The van der Waals surface area contributed by atoms with Crippen molar-refractivity contribution in [3.8, 4) is 0 Å². The number of hydrogen-bond donors (Lipinski definition) is 1. The molecule has 0 atom stereocenters. The number of carbonyl (C=O) groups excluding carboxylic acids is 2. The summed E-state index contributed by atoms with van der Waals surface area (Å²) in [5.41, 5.74) is -4.77. The van der Waals surface area contributed by atoms with Gasteiger partial charge in [-0.1, -0.05) is 0 Å². The SMILES string of the molecule is CCOC(=O)C(=CNC)C(=O)c1c(F)c(C)c(F)c(F)c1[N+](=O)[O-]. The molecule has 0 aliphatic carbocycles. The van der Waals surface area contributed by atoms with Crippen molar-refractivity contribution in [2.45, 2.75) is 13.8 Å². The molecule has 0 spiro atoms. The Bertz CT molecular complexity index is 747. The summed E-state index contributed by atoms with van der Waals surface area (Å²) in [4.78, 5) is 33.7. The number of nitrogens with one attached hydrogen (secondary N) is 1. The van der Waals surface area contributed by atoms with Gasteiger partial charge in [-0.05, 0) is 13.8 Å². The van der Waals surface area contributed by atoms with Crippen LogP contribution < -0.4 is 5.32 Å². The number of nitro groups is 1. The summed E-state index contributed by atoms with van der Waals surface area (Å²) < 4.78 is 46.2. The maximum Gasteiger partial charge on any atom is 0.343 e. The number of esters is 1. The van der Waals surface area contributed by atoms with Gasteiger partial charge in [0, 0.05) is 18.8 Å². The van der Waals surface area contributed by atoms with Crippen LogP contribution >= 0.6 is 0 Å². The van der Waals surface area contributed by atoms with E-state index in [1.165, 1.54) is 14.0 Å². The van der Waals surface area contributed by atoms with Gasteiger partial charge in [0.05, 0.1) is 11.5 Å². The first-order valence-electron chi connectivity index (χ1n) is 6.59. The molecule has 0 aromatic heterocycles. The second-order valence-electron chi connectivity index (χ2n) is 4.44. The fourth-order valence-corrected chi connectivity index (χ4v) is 1.85. The molecule has 10 heteroatoms. The number of nitrogens with zero attached hydrogens (tertiary/aromatic N) is 1. The van der Waals surface area contributed by atoms with Crippen molar-refractivity contribution in [1.29, 1.82) is 0 Å². The minimum atomic E-state index is -1.99. The molecule has 0 unspecified atom stereocenters. The maximum atomic E-state index is 14.2. The number of halogens is 3. The molecule has 1 rings (SSSR count). The summed E-state index contributed by atoms with van der Waals surface area (Å²) in [5.74, 6) is -8.11. The average Bonchev–Trinajstić information content (AvgIpc) is 2.52. The molecule has 0 bridgehead atoms. The molecule has 0 amide bonds. The van der Waals surface area contributed by atoms with Crippen molar-refractivity contribution in [2.75, 3.05) is 13.7 Å². The molecule has 1 aromatic rings. The van der Waals surface area contributed by atoms with Crippen LogP contribution in [0.3, 0.4) is 0 Å². The van der Waals surface area contributed by atoms with Crippen molar-refractivity contribution in [3.63, 3.8) is 0 Å². The quantitative estimate of drug-likeness (QED) is 0.124. The average molecular weight is 346 g/mol. The molecule has 0 heterocycles. The number of ketones is 1. The number of Topliss-reactive ketones (excluding diaryl/α,β-unsaturated/α-hetero) is 1. The van der Waals surface area contributed by atoms with E-state index in [1.807, 2.05) is 0 Å². The molecule has 7 nitrogen and oxygen atoms in total. The van der Waals surface area contributed by atoms with Crippen LogP contribution in [0.2, 0.25) is 0 Å². The third kappa shape index (κ3) is 3.36. The zero-order chi connectivity index (χ0) is 18.6. The molecule has 0 aliphatic rings. The third-order valence-electron chi connectivity index (χ3n) is 2.95. The van der Waals surface area contributed by atoms with Crippen molar-refractivity contribution in [3.05, 3.63) is 50.5 Å². The molecule has 0 radical (unpaired) electrons. The van der Waals surface area contributed by atoms with E-state index in [-0.39, 0.29) is 6.61 Å². The zero-order valence-electron chi connectivity index (χ0n) is 12.9. The lowest BCUT2D eigenvalue weighted by Crippen LogP contribution is -2.22. The molecule has 1 N–H and O–H groups in total. The Morgan fingerprint density at radius 1 is 1.25 bits per heavy atom. The molecule has 130 valence electrons. The van der Waals surface area contributed by atoms with E-state index in [2.05, 4.69) is 10.1 Å². The molecular weight excluding hydrogens is 333 g/mol. The normalized spacial score (nSPS) is 11.2. The van der Waals surface area contributed by atoms with E-state index in [0.29, 0.717) is 0 Å². The van der Waals surface area contributed by atoms with E-state index in [4.69, 9.17) is 0 Å². The first-order valence-corrected chi connectivity index (χ1v) is 6.59. The first kappa shape index (κ1) is 19.1.